The first-order valence-electron chi connectivity index (χ1n) is 5.72. The van der Waals surface area contributed by atoms with Gasteiger partial charge in [-0.2, -0.15) is 0 Å². The largest absolute Gasteiger partial charge is 0.388 e. The minimum absolute atomic E-state index is 0.131. The number of tetrazole rings is 1. The Morgan fingerprint density at radius 1 is 1.10 bits per heavy atom. The average Bonchev–Trinajstić information content (AvgIpc) is 2.98. The van der Waals surface area contributed by atoms with Gasteiger partial charge in [0, 0.05) is 18.0 Å². The van der Waals surface area contributed by atoms with Crippen molar-refractivity contribution in [2.24, 2.45) is 5.73 Å². The predicted octanol–water partition coefficient (Wildman–Crippen LogP) is 0.754. The van der Waals surface area contributed by atoms with Crippen LogP contribution >= 0.6 is 12.2 Å². The van der Waals surface area contributed by atoms with E-state index in [0.717, 1.165) is 5.56 Å². The van der Waals surface area contributed by atoms with E-state index in [9.17, 15) is 0 Å². The molecular formula is C12H9N7S. The van der Waals surface area contributed by atoms with Crippen LogP contribution in [0.3, 0.4) is 0 Å². The third-order valence-electron chi connectivity index (χ3n) is 2.55. The zero-order valence-electron chi connectivity index (χ0n) is 10.2. The molecule has 3 rings (SSSR count). The first-order chi connectivity index (χ1) is 9.75. The monoisotopic (exact) mass is 283 g/mol. The fourth-order valence-corrected chi connectivity index (χ4v) is 1.80. The normalized spacial score (nSPS) is 10.4. The lowest BCUT2D eigenvalue weighted by Crippen LogP contribution is -2.17. The molecule has 7 nitrogen and oxygen atoms in total. The Hall–Kier alpha value is -2.74. The molecule has 0 aliphatic carbocycles. The van der Waals surface area contributed by atoms with Crippen LogP contribution in [-0.2, 0) is 0 Å². The second-order valence-corrected chi connectivity index (χ2v) is 4.30. The van der Waals surface area contributed by atoms with E-state index in [1.54, 1.807) is 0 Å². The van der Waals surface area contributed by atoms with Crippen molar-refractivity contribution in [2.75, 3.05) is 0 Å². The lowest BCUT2D eigenvalue weighted by atomic mass is 10.2. The van der Waals surface area contributed by atoms with Gasteiger partial charge < -0.3 is 5.73 Å². The molecule has 2 heterocycles. The van der Waals surface area contributed by atoms with Crippen molar-refractivity contribution in [2.45, 2.75) is 0 Å². The Kier molecular flexibility index (Phi) is 3.13. The van der Waals surface area contributed by atoms with Crippen LogP contribution in [0.15, 0.2) is 42.7 Å². The Balaban J connectivity index is 2.05. The molecule has 2 N–H and O–H groups in total. The summed E-state index contributed by atoms with van der Waals surface area (Å²) in [5, 5.41) is 12.2. The second kappa shape index (κ2) is 5.10. The Morgan fingerprint density at radius 3 is 2.60 bits per heavy atom. The molecule has 8 heteroatoms. The van der Waals surface area contributed by atoms with Crippen molar-refractivity contribution >= 4 is 17.2 Å². The van der Waals surface area contributed by atoms with Gasteiger partial charge in [0.15, 0.2) is 0 Å². The molecule has 0 aliphatic heterocycles. The molecule has 20 heavy (non-hydrogen) atoms. The minimum atomic E-state index is 0.131. The third kappa shape index (κ3) is 2.24. The van der Waals surface area contributed by atoms with E-state index in [0.29, 0.717) is 17.3 Å². The van der Waals surface area contributed by atoms with Crippen molar-refractivity contribution in [1.82, 2.24) is 30.2 Å². The van der Waals surface area contributed by atoms with E-state index in [1.807, 2.05) is 30.3 Å². The van der Waals surface area contributed by atoms with E-state index in [-0.39, 0.29) is 4.99 Å². The molecule has 0 unspecified atom stereocenters. The van der Waals surface area contributed by atoms with Gasteiger partial charge in [0.25, 0.3) is 0 Å². The topological polar surface area (TPSA) is 95.4 Å². The Morgan fingerprint density at radius 2 is 1.85 bits per heavy atom. The van der Waals surface area contributed by atoms with E-state index >= 15 is 0 Å². The molecule has 98 valence electrons. The van der Waals surface area contributed by atoms with Crippen LogP contribution in [0, 0.1) is 0 Å². The van der Waals surface area contributed by atoms with Crippen LogP contribution < -0.4 is 5.73 Å². The lowest BCUT2D eigenvalue weighted by Gasteiger charge is -2.02. The quantitative estimate of drug-likeness (QED) is 0.709. The number of aromatic nitrogens is 6. The van der Waals surface area contributed by atoms with Crippen molar-refractivity contribution < 1.29 is 0 Å². The highest BCUT2D eigenvalue weighted by molar-refractivity contribution is 7.80. The molecule has 0 aliphatic rings. The van der Waals surface area contributed by atoms with Gasteiger partial charge in [0.2, 0.25) is 11.6 Å². The van der Waals surface area contributed by atoms with Crippen LogP contribution in [0.1, 0.15) is 5.69 Å². The fraction of sp³-hybridized carbons (Fsp3) is 0. The van der Waals surface area contributed by atoms with Crippen LogP contribution in [0.2, 0.25) is 0 Å². The fourth-order valence-electron chi connectivity index (χ4n) is 1.66. The number of nitrogens with zero attached hydrogens (tertiary/aromatic N) is 6. The summed E-state index contributed by atoms with van der Waals surface area (Å²) in [5.41, 5.74) is 6.83. The van der Waals surface area contributed by atoms with Crippen molar-refractivity contribution in [3.63, 3.8) is 0 Å². The van der Waals surface area contributed by atoms with Crippen LogP contribution in [0.4, 0.5) is 0 Å². The molecule has 3 aromatic rings. The Bertz CT molecular complexity index is 753. The van der Waals surface area contributed by atoms with E-state index < -0.39 is 0 Å². The summed E-state index contributed by atoms with van der Waals surface area (Å²) in [6, 6.07) is 9.51. The summed E-state index contributed by atoms with van der Waals surface area (Å²) in [4.78, 5) is 9.62. The zero-order chi connectivity index (χ0) is 13.9. The minimum Gasteiger partial charge on any atom is -0.388 e. The van der Waals surface area contributed by atoms with Gasteiger partial charge in [-0.15, -0.1) is 15.0 Å². The number of hydrogen-bond donors (Lipinski definition) is 1. The number of benzene rings is 1. The molecule has 0 saturated carbocycles. The maximum absolute atomic E-state index is 5.61. The molecule has 0 spiro atoms. The van der Waals surface area contributed by atoms with Crippen LogP contribution in [0.25, 0.3) is 17.2 Å². The van der Waals surface area contributed by atoms with Crippen LogP contribution in [-0.4, -0.2) is 35.2 Å². The van der Waals surface area contributed by atoms with E-state index in [1.165, 1.54) is 17.2 Å². The van der Waals surface area contributed by atoms with Gasteiger partial charge in [0.05, 0.1) is 0 Å². The van der Waals surface area contributed by atoms with Gasteiger partial charge in [-0.1, -0.05) is 42.5 Å². The molecular weight excluding hydrogens is 274 g/mol. The van der Waals surface area contributed by atoms with E-state index in [2.05, 4.69) is 25.4 Å². The standard InChI is InChI=1S/C12H9N7S/c13-10(20)9-12(15-7-6-14-9)19-17-11(16-18-19)8-4-2-1-3-5-8/h1-7H,(H2,13,20). The summed E-state index contributed by atoms with van der Waals surface area (Å²) in [6.45, 7) is 0. The average molecular weight is 283 g/mol. The molecule has 0 atom stereocenters. The van der Waals surface area contributed by atoms with Gasteiger partial charge in [-0.25, -0.2) is 9.97 Å². The molecule has 0 saturated heterocycles. The maximum atomic E-state index is 5.61. The number of nitrogens with two attached hydrogens (primary N) is 1. The number of rotatable bonds is 3. The van der Waals surface area contributed by atoms with Crippen LogP contribution in [0.5, 0.6) is 0 Å². The van der Waals surface area contributed by atoms with Crippen molar-refractivity contribution in [3.8, 4) is 17.2 Å². The maximum Gasteiger partial charge on any atom is 0.205 e. The zero-order valence-corrected chi connectivity index (χ0v) is 11.0. The SMILES string of the molecule is NC(=S)c1nccnc1-n1nnc(-c2ccccc2)n1. The molecule has 0 fully saturated rings. The summed E-state index contributed by atoms with van der Waals surface area (Å²) >= 11 is 4.94. The summed E-state index contributed by atoms with van der Waals surface area (Å²) in [6.07, 6.45) is 3.02. The summed E-state index contributed by atoms with van der Waals surface area (Å²) < 4.78 is 0. The number of thiocarbonyl (C=S) groups is 1. The van der Waals surface area contributed by atoms with Gasteiger partial charge >= 0.3 is 0 Å². The predicted molar refractivity (Wildman–Crippen MR) is 76.1 cm³/mol. The Labute approximate surface area is 119 Å². The van der Waals surface area contributed by atoms with Gasteiger partial charge in [0.1, 0.15) is 10.7 Å². The highest BCUT2D eigenvalue weighted by Gasteiger charge is 2.14. The second-order valence-electron chi connectivity index (χ2n) is 3.86. The number of hydrogen-bond acceptors (Lipinski definition) is 6. The first-order valence-corrected chi connectivity index (χ1v) is 6.13. The summed E-state index contributed by atoms with van der Waals surface area (Å²) in [5.74, 6) is 0.847. The van der Waals surface area contributed by atoms with Gasteiger partial charge in [-0.3, -0.25) is 0 Å². The van der Waals surface area contributed by atoms with Crippen molar-refractivity contribution in [1.29, 1.82) is 0 Å². The summed E-state index contributed by atoms with van der Waals surface area (Å²) in [7, 11) is 0. The highest BCUT2D eigenvalue weighted by Crippen LogP contribution is 2.13. The first kappa shape index (κ1) is 12.3. The van der Waals surface area contributed by atoms with E-state index in [4.69, 9.17) is 18.0 Å². The highest BCUT2D eigenvalue weighted by atomic mass is 32.1. The lowest BCUT2D eigenvalue weighted by molar-refractivity contribution is 0.695. The molecule has 2 aromatic heterocycles. The van der Waals surface area contributed by atoms with Gasteiger partial charge in [-0.05, 0) is 5.21 Å². The molecule has 0 radical (unpaired) electrons. The van der Waals surface area contributed by atoms with Crippen molar-refractivity contribution in [3.05, 3.63) is 48.4 Å². The molecule has 1 aromatic carbocycles. The smallest absolute Gasteiger partial charge is 0.205 e. The molecule has 0 bridgehead atoms. The molecule has 0 amide bonds. The third-order valence-corrected chi connectivity index (χ3v) is 2.74.